The summed E-state index contributed by atoms with van der Waals surface area (Å²) in [4.78, 5) is 36.8. The first-order valence-corrected chi connectivity index (χ1v) is 9.91. The van der Waals surface area contributed by atoms with E-state index in [1.54, 1.807) is 42.5 Å². The topological polar surface area (TPSA) is 191 Å². The number of hydrogen-bond donors (Lipinski definition) is 6. The van der Waals surface area contributed by atoms with Crippen LogP contribution in [0.3, 0.4) is 0 Å². The maximum atomic E-state index is 11.3. The van der Waals surface area contributed by atoms with Gasteiger partial charge in [0.15, 0.2) is 12.6 Å². The van der Waals surface area contributed by atoms with Crippen LogP contribution in [0.15, 0.2) is 53.5 Å². The largest absolute Gasteiger partial charge is 0.482 e. The van der Waals surface area contributed by atoms with Crippen molar-refractivity contribution in [3.8, 4) is 5.75 Å². The molecule has 2 rings (SSSR count). The lowest BCUT2D eigenvalue weighted by Gasteiger charge is -2.20. The van der Waals surface area contributed by atoms with Gasteiger partial charge in [-0.3, -0.25) is 14.5 Å². The molecule has 12 heteroatoms. The number of carbonyl (C=O) groups is 2. The molecular weight excluding hydrogens is 434 g/mol. The second-order valence-electron chi connectivity index (χ2n) is 6.73. The maximum Gasteiger partial charge on any atom is 0.341 e. The molecule has 0 spiro atoms. The van der Waals surface area contributed by atoms with Crippen LogP contribution in [0.25, 0.3) is 0 Å². The third kappa shape index (κ3) is 9.97. The molecule has 0 bridgehead atoms. The van der Waals surface area contributed by atoms with E-state index in [-0.39, 0.29) is 31.3 Å². The van der Waals surface area contributed by atoms with E-state index in [1.165, 1.54) is 0 Å². The van der Waals surface area contributed by atoms with Crippen molar-refractivity contribution in [2.45, 2.75) is 19.1 Å². The minimum atomic E-state index is -1.14. The number of aliphatic carboxylic acids is 2. The highest BCUT2D eigenvalue weighted by Crippen LogP contribution is 2.27. The summed E-state index contributed by atoms with van der Waals surface area (Å²) in [5.74, 6) is -1.98. The smallest absolute Gasteiger partial charge is 0.341 e. The molecule has 12 nitrogen and oxygen atoms in total. The molecule has 0 heterocycles. The van der Waals surface area contributed by atoms with Crippen molar-refractivity contribution < 1.29 is 34.2 Å². The average Bonchev–Trinajstić information content (AvgIpc) is 2.76. The molecule has 1 unspecified atom stereocenters. The Morgan fingerprint density at radius 2 is 1.82 bits per heavy atom. The molecule has 0 saturated heterocycles. The van der Waals surface area contributed by atoms with E-state index in [9.17, 15) is 14.7 Å². The van der Waals surface area contributed by atoms with Crippen molar-refractivity contribution in [3.05, 3.63) is 59.7 Å². The lowest BCUT2D eigenvalue weighted by molar-refractivity contribution is -0.140. The number of para-hydroxylation sites is 1. The first-order chi connectivity index (χ1) is 15.8. The van der Waals surface area contributed by atoms with Crippen LogP contribution in [0, 0.1) is 0 Å². The zero-order valence-corrected chi connectivity index (χ0v) is 17.8. The Balaban J connectivity index is 1.79. The molecule has 0 aliphatic heterocycles. The first-order valence-electron chi connectivity index (χ1n) is 9.91. The van der Waals surface area contributed by atoms with E-state index in [1.807, 2.05) is 6.07 Å². The number of aliphatic imine (C=N–C) groups is 1. The number of carboxylic acid groups (broad SMARTS) is 2. The predicted octanol–water partition coefficient (Wildman–Crippen LogP) is 0.813. The SMILES string of the molecule is NC(N)=Nc1cccc(CONCCONC(CC(=O)O)c2ccccc2OCC(=O)O)c1. The molecule has 178 valence electrons. The standard InChI is InChI=1S/C21H27N5O7/c22-21(23)25-15-5-3-4-14(10-15)12-33-24-8-9-32-26-17(11-19(27)28)16-6-1-2-7-18(16)31-13-20(29)30/h1-7,10,17,24,26H,8-9,11-13H2,(H,27,28)(H,29,30)(H4,22,23,25). The van der Waals surface area contributed by atoms with Gasteiger partial charge in [-0.05, 0) is 23.8 Å². The molecule has 0 fully saturated rings. The van der Waals surface area contributed by atoms with Gasteiger partial charge in [0, 0.05) is 12.1 Å². The summed E-state index contributed by atoms with van der Waals surface area (Å²) in [7, 11) is 0. The predicted molar refractivity (Wildman–Crippen MR) is 118 cm³/mol. The number of nitrogens with zero attached hydrogens (tertiary/aromatic N) is 1. The molecule has 8 N–H and O–H groups in total. The minimum absolute atomic E-state index is 0.0342. The first kappa shape index (κ1) is 25.5. The van der Waals surface area contributed by atoms with Crippen LogP contribution in [-0.2, 0) is 25.9 Å². The van der Waals surface area contributed by atoms with Gasteiger partial charge < -0.3 is 26.4 Å². The zero-order valence-electron chi connectivity index (χ0n) is 17.8. The third-order valence-electron chi connectivity index (χ3n) is 4.07. The van der Waals surface area contributed by atoms with Crippen LogP contribution >= 0.6 is 0 Å². The lowest BCUT2D eigenvalue weighted by atomic mass is 10.0. The molecule has 0 amide bonds. The number of benzene rings is 2. The average molecular weight is 461 g/mol. The van der Waals surface area contributed by atoms with Gasteiger partial charge in [0.1, 0.15) is 5.75 Å². The van der Waals surface area contributed by atoms with E-state index in [0.29, 0.717) is 17.8 Å². The van der Waals surface area contributed by atoms with Crippen molar-refractivity contribution in [1.82, 2.24) is 11.0 Å². The molecule has 0 aromatic heterocycles. The number of rotatable bonds is 15. The van der Waals surface area contributed by atoms with Gasteiger partial charge in [0.05, 0.1) is 31.4 Å². The van der Waals surface area contributed by atoms with E-state index < -0.39 is 24.6 Å². The third-order valence-corrected chi connectivity index (χ3v) is 4.07. The van der Waals surface area contributed by atoms with Crippen LogP contribution in [0.5, 0.6) is 5.75 Å². The fourth-order valence-electron chi connectivity index (χ4n) is 2.75. The highest BCUT2D eigenvalue weighted by molar-refractivity contribution is 5.79. The Morgan fingerprint density at radius 1 is 1.03 bits per heavy atom. The summed E-state index contributed by atoms with van der Waals surface area (Å²) in [5, 5.41) is 18.0. The van der Waals surface area contributed by atoms with Crippen LogP contribution in [0.4, 0.5) is 5.69 Å². The molecule has 2 aromatic carbocycles. The Labute approximate surface area is 190 Å². The minimum Gasteiger partial charge on any atom is -0.482 e. The van der Waals surface area contributed by atoms with E-state index in [4.69, 9.17) is 31.0 Å². The quantitative estimate of drug-likeness (QED) is 0.0952. The van der Waals surface area contributed by atoms with Crippen LogP contribution in [0.1, 0.15) is 23.6 Å². The summed E-state index contributed by atoms with van der Waals surface area (Å²) in [5.41, 5.74) is 18.1. The Hall–Kier alpha value is -3.71. The van der Waals surface area contributed by atoms with E-state index in [2.05, 4.69) is 16.0 Å². The fourth-order valence-corrected chi connectivity index (χ4v) is 2.75. The number of nitrogens with two attached hydrogens (primary N) is 2. The summed E-state index contributed by atoms with van der Waals surface area (Å²) in [6.07, 6.45) is -0.302. The van der Waals surface area contributed by atoms with Crippen LogP contribution in [-0.4, -0.2) is 47.9 Å². The van der Waals surface area contributed by atoms with Gasteiger partial charge >= 0.3 is 11.9 Å². The summed E-state index contributed by atoms with van der Waals surface area (Å²) in [6, 6.07) is 13.0. The second kappa shape index (κ2) is 13.6. The number of hydrogen-bond acceptors (Lipinski definition) is 8. The van der Waals surface area contributed by atoms with Gasteiger partial charge in [0.2, 0.25) is 0 Å². The highest BCUT2D eigenvalue weighted by Gasteiger charge is 2.20. The summed E-state index contributed by atoms with van der Waals surface area (Å²) < 4.78 is 5.25. The van der Waals surface area contributed by atoms with Crippen molar-refractivity contribution in [1.29, 1.82) is 0 Å². The molecule has 0 aliphatic rings. The molecule has 0 saturated carbocycles. The summed E-state index contributed by atoms with van der Waals surface area (Å²) >= 11 is 0. The fraction of sp³-hybridized carbons (Fsp3) is 0.286. The molecule has 33 heavy (non-hydrogen) atoms. The van der Waals surface area contributed by atoms with Crippen molar-refractivity contribution in [2.75, 3.05) is 19.8 Å². The lowest BCUT2D eigenvalue weighted by Crippen LogP contribution is -2.29. The second-order valence-corrected chi connectivity index (χ2v) is 6.73. The summed E-state index contributed by atoms with van der Waals surface area (Å²) in [6.45, 7) is 0.171. The van der Waals surface area contributed by atoms with Crippen LogP contribution < -0.4 is 27.2 Å². The molecule has 0 radical (unpaired) electrons. The highest BCUT2D eigenvalue weighted by atomic mass is 16.7. The van der Waals surface area contributed by atoms with Gasteiger partial charge in [0.25, 0.3) is 0 Å². The van der Waals surface area contributed by atoms with Gasteiger partial charge in [-0.25, -0.2) is 9.79 Å². The normalized spacial score (nSPS) is 11.5. The van der Waals surface area contributed by atoms with Crippen LogP contribution in [0.2, 0.25) is 0 Å². The van der Waals surface area contributed by atoms with E-state index in [0.717, 1.165) is 5.56 Å². The number of hydroxylamine groups is 2. The maximum absolute atomic E-state index is 11.3. The molecular formula is C21H27N5O7. The van der Waals surface area contributed by atoms with Crippen molar-refractivity contribution >= 4 is 23.6 Å². The Morgan fingerprint density at radius 3 is 2.55 bits per heavy atom. The number of carboxylic acids is 2. The molecule has 0 aliphatic carbocycles. The number of guanidine groups is 1. The molecule has 1 atom stereocenters. The molecule has 2 aromatic rings. The number of ether oxygens (including phenoxy) is 1. The zero-order chi connectivity index (χ0) is 24.1. The monoisotopic (exact) mass is 461 g/mol. The van der Waals surface area contributed by atoms with Gasteiger partial charge in [-0.15, -0.1) is 0 Å². The van der Waals surface area contributed by atoms with Gasteiger partial charge in [-0.2, -0.15) is 11.0 Å². The Kier molecular flexibility index (Phi) is 10.6. The Bertz CT molecular complexity index is 950. The van der Waals surface area contributed by atoms with E-state index >= 15 is 0 Å². The van der Waals surface area contributed by atoms with Crippen molar-refractivity contribution in [3.63, 3.8) is 0 Å². The van der Waals surface area contributed by atoms with Crippen molar-refractivity contribution in [2.24, 2.45) is 16.5 Å². The van der Waals surface area contributed by atoms with Gasteiger partial charge in [-0.1, -0.05) is 30.3 Å². The number of nitrogens with one attached hydrogen (secondary N) is 2.